The average molecular weight is 236 g/mol. The van der Waals surface area contributed by atoms with E-state index in [9.17, 15) is 8.42 Å². The van der Waals surface area contributed by atoms with Gasteiger partial charge in [0, 0.05) is 5.70 Å². The highest BCUT2D eigenvalue weighted by Gasteiger charge is 2.32. The molecule has 0 radical (unpaired) electrons. The maximum Gasteiger partial charge on any atom is 0.271 e. The van der Waals surface area contributed by atoms with Crippen LogP contribution in [0.5, 0.6) is 0 Å². The van der Waals surface area contributed by atoms with E-state index in [0.717, 1.165) is 4.31 Å². The molecule has 1 aromatic rings. The smallest absolute Gasteiger partial charge is 0.233 e. The van der Waals surface area contributed by atoms with Crippen LogP contribution in [0.3, 0.4) is 0 Å². The van der Waals surface area contributed by atoms with E-state index in [0.29, 0.717) is 17.2 Å². The van der Waals surface area contributed by atoms with Gasteiger partial charge in [-0.15, -0.1) is 0 Å². The third kappa shape index (κ3) is 1.44. The molecule has 1 heterocycles. The Morgan fingerprint density at radius 3 is 2.62 bits per heavy atom. The zero-order valence-electron chi connectivity index (χ0n) is 9.14. The van der Waals surface area contributed by atoms with Crippen LogP contribution < -0.4 is 0 Å². The van der Waals surface area contributed by atoms with Gasteiger partial charge < -0.3 is 0 Å². The van der Waals surface area contributed by atoms with Gasteiger partial charge >= 0.3 is 0 Å². The van der Waals surface area contributed by atoms with Gasteiger partial charge in [0.05, 0.1) is 5.69 Å². The molecule has 0 amide bonds. The first kappa shape index (κ1) is 10.9. The second-order valence-corrected chi connectivity index (χ2v) is 5.39. The summed E-state index contributed by atoms with van der Waals surface area (Å²) in [7, 11) is -3.53. The fraction of sp³-hybridized carbons (Fsp3) is 0.182. The van der Waals surface area contributed by atoms with Crippen molar-refractivity contribution in [3.63, 3.8) is 0 Å². The standard InChI is InChI=1S/C11H12N2O2S/c1-8(2)13-9(3)12-10-6-4-5-7-11(10)16(13,14)15/h4-7H,1H2,2-3H3. The van der Waals surface area contributed by atoms with Gasteiger partial charge in [0.15, 0.2) is 0 Å². The van der Waals surface area contributed by atoms with Crippen molar-refractivity contribution in [2.75, 3.05) is 0 Å². The summed E-state index contributed by atoms with van der Waals surface area (Å²) in [5.74, 6) is 0.422. The number of benzene rings is 1. The predicted octanol–water partition coefficient (Wildman–Crippen LogP) is 2.27. The molecular weight excluding hydrogens is 224 g/mol. The van der Waals surface area contributed by atoms with Crippen LogP contribution in [0.2, 0.25) is 0 Å². The summed E-state index contributed by atoms with van der Waals surface area (Å²) in [6.07, 6.45) is 0. The minimum atomic E-state index is -3.53. The van der Waals surface area contributed by atoms with Crippen LogP contribution in [0.4, 0.5) is 5.69 Å². The van der Waals surface area contributed by atoms with Gasteiger partial charge in [-0.2, -0.15) is 0 Å². The Bertz CT molecular complexity index is 588. The number of allylic oxidation sites excluding steroid dienone is 1. The van der Waals surface area contributed by atoms with Gasteiger partial charge in [-0.3, -0.25) is 0 Å². The molecule has 5 heteroatoms. The first-order valence-electron chi connectivity index (χ1n) is 4.80. The van der Waals surface area contributed by atoms with Gasteiger partial charge in [0.25, 0.3) is 10.0 Å². The molecule has 0 N–H and O–H groups in total. The number of amidine groups is 1. The molecule has 0 atom stereocenters. The van der Waals surface area contributed by atoms with E-state index in [2.05, 4.69) is 11.6 Å². The van der Waals surface area contributed by atoms with Crippen molar-refractivity contribution in [1.29, 1.82) is 0 Å². The quantitative estimate of drug-likeness (QED) is 0.751. The first-order valence-corrected chi connectivity index (χ1v) is 6.24. The lowest BCUT2D eigenvalue weighted by Gasteiger charge is -2.27. The number of aliphatic imine (C=N–C) groups is 1. The van der Waals surface area contributed by atoms with E-state index in [-0.39, 0.29) is 4.90 Å². The summed E-state index contributed by atoms with van der Waals surface area (Å²) < 4.78 is 25.6. The van der Waals surface area contributed by atoms with E-state index in [1.165, 1.54) is 0 Å². The van der Waals surface area contributed by atoms with Crippen molar-refractivity contribution < 1.29 is 8.42 Å². The van der Waals surface area contributed by atoms with E-state index >= 15 is 0 Å². The molecule has 0 saturated heterocycles. The maximum absolute atomic E-state index is 12.2. The molecule has 4 nitrogen and oxygen atoms in total. The number of hydrogen-bond acceptors (Lipinski definition) is 3. The van der Waals surface area contributed by atoms with Gasteiger partial charge in [0.1, 0.15) is 10.7 Å². The Labute approximate surface area is 95.0 Å². The summed E-state index contributed by atoms with van der Waals surface area (Å²) in [5, 5.41) is 0. The van der Waals surface area contributed by atoms with Crippen molar-refractivity contribution in [3.05, 3.63) is 36.5 Å². The number of sulfonamides is 1. The zero-order chi connectivity index (χ0) is 11.9. The van der Waals surface area contributed by atoms with Crippen molar-refractivity contribution in [3.8, 4) is 0 Å². The Hall–Kier alpha value is -1.62. The molecule has 1 aliphatic heterocycles. The molecular formula is C11H12N2O2S. The number of para-hydroxylation sites is 1. The Balaban J connectivity index is 2.76. The molecule has 2 rings (SSSR count). The summed E-state index contributed by atoms with van der Waals surface area (Å²) in [5.41, 5.74) is 0.924. The van der Waals surface area contributed by atoms with Crippen molar-refractivity contribution in [1.82, 2.24) is 4.31 Å². The molecule has 0 aliphatic carbocycles. The lowest BCUT2D eigenvalue weighted by Crippen LogP contribution is -2.35. The topological polar surface area (TPSA) is 49.7 Å². The Morgan fingerprint density at radius 1 is 1.38 bits per heavy atom. The lowest BCUT2D eigenvalue weighted by atomic mass is 10.3. The van der Waals surface area contributed by atoms with Crippen molar-refractivity contribution in [2.24, 2.45) is 4.99 Å². The van der Waals surface area contributed by atoms with Gasteiger partial charge in [-0.1, -0.05) is 18.7 Å². The van der Waals surface area contributed by atoms with Gasteiger partial charge in [0.2, 0.25) is 0 Å². The second-order valence-electron chi connectivity index (χ2n) is 3.63. The van der Waals surface area contributed by atoms with Gasteiger partial charge in [-0.05, 0) is 26.0 Å². The molecule has 16 heavy (non-hydrogen) atoms. The number of nitrogens with zero attached hydrogens (tertiary/aromatic N) is 2. The highest BCUT2D eigenvalue weighted by Crippen LogP contribution is 2.33. The van der Waals surface area contributed by atoms with Crippen LogP contribution in [0, 0.1) is 0 Å². The SMILES string of the molecule is C=C(C)N1C(C)=Nc2ccccc2S1(=O)=O. The fourth-order valence-electron chi connectivity index (χ4n) is 1.74. The monoisotopic (exact) mass is 236 g/mol. The molecule has 1 aromatic carbocycles. The van der Waals surface area contributed by atoms with E-state index in [1.807, 2.05) is 0 Å². The highest BCUT2D eigenvalue weighted by atomic mass is 32.2. The minimum absolute atomic E-state index is 0.226. The summed E-state index contributed by atoms with van der Waals surface area (Å²) >= 11 is 0. The van der Waals surface area contributed by atoms with Crippen LogP contribution in [-0.4, -0.2) is 18.6 Å². The van der Waals surface area contributed by atoms with Crippen LogP contribution in [0.25, 0.3) is 0 Å². The lowest BCUT2D eigenvalue weighted by molar-refractivity contribution is 0.551. The highest BCUT2D eigenvalue weighted by molar-refractivity contribution is 7.90. The van der Waals surface area contributed by atoms with Crippen LogP contribution >= 0.6 is 0 Å². The number of rotatable bonds is 1. The predicted molar refractivity (Wildman–Crippen MR) is 63.0 cm³/mol. The Kier molecular flexibility index (Phi) is 2.35. The second kappa shape index (κ2) is 3.45. The molecule has 0 bridgehead atoms. The summed E-state index contributed by atoms with van der Waals surface area (Å²) in [6, 6.07) is 6.69. The third-order valence-electron chi connectivity index (χ3n) is 2.31. The van der Waals surface area contributed by atoms with E-state index in [4.69, 9.17) is 0 Å². The minimum Gasteiger partial charge on any atom is -0.233 e. The maximum atomic E-state index is 12.2. The molecule has 0 saturated carbocycles. The number of hydrogen-bond donors (Lipinski definition) is 0. The van der Waals surface area contributed by atoms with Gasteiger partial charge in [-0.25, -0.2) is 17.7 Å². The molecule has 84 valence electrons. The summed E-state index contributed by atoms with van der Waals surface area (Å²) in [6.45, 7) is 6.96. The molecule has 0 aromatic heterocycles. The van der Waals surface area contributed by atoms with Crippen LogP contribution in [-0.2, 0) is 10.0 Å². The van der Waals surface area contributed by atoms with Crippen LogP contribution in [0.1, 0.15) is 13.8 Å². The Morgan fingerprint density at radius 2 is 2.00 bits per heavy atom. The molecule has 0 spiro atoms. The van der Waals surface area contributed by atoms with Crippen molar-refractivity contribution >= 4 is 21.5 Å². The van der Waals surface area contributed by atoms with Crippen molar-refractivity contribution in [2.45, 2.75) is 18.7 Å². The molecule has 0 fully saturated rings. The summed E-state index contributed by atoms with van der Waals surface area (Å²) in [4.78, 5) is 4.47. The average Bonchev–Trinajstić information content (AvgIpc) is 2.15. The normalized spacial score (nSPS) is 17.6. The van der Waals surface area contributed by atoms with E-state index in [1.54, 1.807) is 38.1 Å². The van der Waals surface area contributed by atoms with Crippen LogP contribution in [0.15, 0.2) is 46.4 Å². The van der Waals surface area contributed by atoms with E-state index < -0.39 is 10.0 Å². The number of fused-ring (bicyclic) bond motifs is 1. The fourth-order valence-corrected chi connectivity index (χ4v) is 3.37. The first-order chi connectivity index (χ1) is 7.44. The molecule has 1 aliphatic rings. The molecule has 0 unspecified atom stereocenters. The largest absolute Gasteiger partial charge is 0.271 e. The zero-order valence-corrected chi connectivity index (χ0v) is 9.95. The third-order valence-corrected chi connectivity index (χ3v) is 4.26.